The number of nitrogens with one attached hydrogen (secondary N) is 1. The molecule has 0 amide bonds. The molecule has 0 saturated heterocycles. The summed E-state index contributed by atoms with van der Waals surface area (Å²) in [6.07, 6.45) is 2.29. The topological polar surface area (TPSA) is 12.0 Å². The molecule has 1 N–H and O–H groups in total. The Morgan fingerprint density at radius 2 is 2.22 bits per heavy atom. The minimum atomic E-state index is 0.627. The van der Waals surface area contributed by atoms with Crippen LogP contribution in [0.4, 0.5) is 0 Å². The SMILES string of the molecule is C=C(C)CC(CC)NC. The summed E-state index contributed by atoms with van der Waals surface area (Å²) in [5, 5.41) is 3.22. The molecule has 0 rings (SSSR count). The lowest BCUT2D eigenvalue weighted by Crippen LogP contribution is -2.23. The second kappa shape index (κ2) is 4.57. The van der Waals surface area contributed by atoms with E-state index in [2.05, 4.69) is 25.7 Å². The standard InChI is InChI=1S/C8H17N/c1-5-8(9-4)6-7(2)3/h8-9H,2,5-6H2,1,3-4H3. The lowest BCUT2D eigenvalue weighted by Gasteiger charge is -2.12. The van der Waals surface area contributed by atoms with E-state index in [-0.39, 0.29) is 0 Å². The molecule has 0 bridgehead atoms. The largest absolute Gasteiger partial charge is 0.317 e. The Morgan fingerprint density at radius 1 is 1.67 bits per heavy atom. The molecule has 0 aromatic rings. The van der Waals surface area contributed by atoms with Crippen molar-refractivity contribution in [2.24, 2.45) is 0 Å². The molecule has 0 aromatic heterocycles. The van der Waals surface area contributed by atoms with Crippen molar-refractivity contribution in [3.05, 3.63) is 12.2 Å². The van der Waals surface area contributed by atoms with Gasteiger partial charge in [0.1, 0.15) is 0 Å². The Bertz CT molecular complexity index is 82.6. The molecule has 1 unspecified atom stereocenters. The highest BCUT2D eigenvalue weighted by Gasteiger charge is 2.00. The lowest BCUT2D eigenvalue weighted by molar-refractivity contribution is 0.542. The van der Waals surface area contributed by atoms with Gasteiger partial charge in [0.2, 0.25) is 0 Å². The summed E-state index contributed by atoms with van der Waals surface area (Å²) in [7, 11) is 2.00. The number of hydrogen-bond acceptors (Lipinski definition) is 1. The molecule has 0 spiro atoms. The molecule has 0 fully saturated rings. The second-order valence-electron chi connectivity index (χ2n) is 2.56. The van der Waals surface area contributed by atoms with Gasteiger partial charge in [0.05, 0.1) is 0 Å². The summed E-state index contributed by atoms with van der Waals surface area (Å²) in [5.74, 6) is 0. The van der Waals surface area contributed by atoms with Gasteiger partial charge >= 0.3 is 0 Å². The van der Waals surface area contributed by atoms with E-state index in [1.54, 1.807) is 0 Å². The van der Waals surface area contributed by atoms with E-state index in [9.17, 15) is 0 Å². The van der Waals surface area contributed by atoms with Crippen LogP contribution in [0.2, 0.25) is 0 Å². The minimum Gasteiger partial charge on any atom is -0.317 e. The smallest absolute Gasteiger partial charge is 0.00983 e. The first-order valence-corrected chi connectivity index (χ1v) is 3.52. The van der Waals surface area contributed by atoms with Crippen LogP contribution in [0.5, 0.6) is 0 Å². The molecule has 0 aliphatic heterocycles. The first-order valence-electron chi connectivity index (χ1n) is 3.52. The minimum absolute atomic E-state index is 0.627. The average molecular weight is 127 g/mol. The third-order valence-corrected chi connectivity index (χ3v) is 1.50. The lowest BCUT2D eigenvalue weighted by atomic mass is 10.1. The molecule has 9 heavy (non-hydrogen) atoms. The van der Waals surface area contributed by atoms with Crippen LogP contribution in [0.15, 0.2) is 12.2 Å². The van der Waals surface area contributed by atoms with Crippen LogP contribution in [0, 0.1) is 0 Å². The van der Waals surface area contributed by atoms with Crippen molar-refractivity contribution < 1.29 is 0 Å². The maximum Gasteiger partial charge on any atom is 0.00983 e. The van der Waals surface area contributed by atoms with Crippen LogP contribution < -0.4 is 5.32 Å². The molecule has 54 valence electrons. The maximum atomic E-state index is 3.85. The van der Waals surface area contributed by atoms with Crippen LogP contribution in [0.3, 0.4) is 0 Å². The maximum absolute atomic E-state index is 3.85. The fourth-order valence-corrected chi connectivity index (χ4v) is 0.871. The summed E-state index contributed by atoms with van der Waals surface area (Å²) in [6.45, 7) is 8.10. The molecule has 0 heterocycles. The van der Waals surface area contributed by atoms with Gasteiger partial charge in [0, 0.05) is 6.04 Å². The first-order chi connectivity index (χ1) is 4.20. The van der Waals surface area contributed by atoms with Crippen LogP contribution in [-0.2, 0) is 0 Å². The molecular formula is C8H17N. The van der Waals surface area contributed by atoms with E-state index in [1.165, 1.54) is 12.0 Å². The zero-order valence-electron chi connectivity index (χ0n) is 6.70. The van der Waals surface area contributed by atoms with Gasteiger partial charge in [-0.15, -0.1) is 6.58 Å². The molecule has 1 nitrogen and oxygen atoms in total. The highest BCUT2D eigenvalue weighted by Crippen LogP contribution is 2.03. The Balaban J connectivity index is 3.43. The van der Waals surface area contributed by atoms with Crippen molar-refractivity contribution in [3.8, 4) is 0 Å². The summed E-state index contributed by atoms with van der Waals surface area (Å²) < 4.78 is 0. The molecule has 0 saturated carbocycles. The zero-order valence-corrected chi connectivity index (χ0v) is 6.70. The van der Waals surface area contributed by atoms with Crippen LogP contribution >= 0.6 is 0 Å². The Morgan fingerprint density at radius 3 is 2.33 bits per heavy atom. The normalized spacial score (nSPS) is 13.2. The first kappa shape index (κ1) is 8.70. The van der Waals surface area contributed by atoms with Gasteiger partial charge in [0.25, 0.3) is 0 Å². The van der Waals surface area contributed by atoms with E-state index in [0.29, 0.717) is 6.04 Å². The van der Waals surface area contributed by atoms with Gasteiger partial charge in [-0.2, -0.15) is 0 Å². The summed E-state index contributed by atoms with van der Waals surface area (Å²) >= 11 is 0. The molecular weight excluding hydrogens is 110 g/mol. The van der Waals surface area contributed by atoms with E-state index in [0.717, 1.165) is 6.42 Å². The fourth-order valence-electron chi connectivity index (χ4n) is 0.871. The van der Waals surface area contributed by atoms with Crippen molar-refractivity contribution in [1.82, 2.24) is 5.32 Å². The van der Waals surface area contributed by atoms with Gasteiger partial charge in [0.15, 0.2) is 0 Å². The Labute approximate surface area is 58.2 Å². The predicted molar refractivity (Wildman–Crippen MR) is 42.6 cm³/mol. The van der Waals surface area contributed by atoms with Crippen LogP contribution in [0.1, 0.15) is 26.7 Å². The van der Waals surface area contributed by atoms with Crippen LogP contribution in [-0.4, -0.2) is 13.1 Å². The highest BCUT2D eigenvalue weighted by atomic mass is 14.9. The molecule has 0 aliphatic rings. The third kappa shape index (κ3) is 4.22. The van der Waals surface area contributed by atoms with Gasteiger partial charge in [-0.25, -0.2) is 0 Å². The summed E-state index contributed by atoms with van der Waals surface area (Å²) in [5.41, 5.74) is 1.26. The van der Waals surface area contributed by atoms with Gasteiger partial charge in [-0.05, 0) is 26.8 Å². The average Bonchev–Trinajstić information content (AvgIpc) is 1.82. The van der Waals surface area contributed by atoms with E-state index in [1.807, 2.05) is 7.05 Å². The monoisotopic (exact) mass is 127 g/mol. The quantitative estimate of drug-likeness (QED) is 0.569. The number of rotatable bonds is 4. The van der Waals surface area contributed by atoms with E-state index in [4.69, 9.17) is 0 Å². The highest BCUT2D eigenvalue weighted by molar-refractivity contribution is 4.91. The van der Waals surface area contributed by atoms with Crippen molar-refractivity contribution >= 4 is 0 Å². The van der Waals surface area contributed by atoms with Crippen molar-refractivity contribution in [1.29, 1.82) is 0 Å². The summed E-state index contributed by atoms with van der Waals surface area (Å²) in [4.78, 5) is 0. The van der Waals surface area contributed by atoms with Gasteiger partial charge in [-0.3, -0.25) is 0 Å². The van der Waals surface area contributed by atoms with E-state index >= 15 is 0 Å². The van der Waals surface area contributed by atoms with Crippen molar-refractivity contribution in [2.45, 2.75) is 32.7 Å². The molecule has 0 radical (unpaired) electrons. The number of hydrogen-bond donors (Lipinski definition) is 1. The summed E-state index contributed by atoms with van der Waals surface area (Å²) in [6, 6.07) is 0.627. The van der Waals surface area contributed by atoms with Crippen molar-refractivity contribution in [2.75, 3.05) is 7.05 Å². The van der Waals surface area contributed by atoms with E-state index < -0.39 is 0 Å². The molecule has 0 aliphatic carbocycles. The molecule has 1 atom stereocenters. The third-order valence-electron chi connectivity index (χ3n) is 1.50. The predicted octanol–water partition coefficient (Wildman–Crippen LogP) is 1.95. The molecule has 0 aromatic carbocycles. The van der Waals surface area contributed by atoms with Gasteiger partial charge < -0.3 is 5.32 Å². The van der Waals surface area contributed by atoms with Crippen molar-refractivity contribution in [3.63, 3.8) is 0 Å². The zero-order chi connectivity index (χ0) is 7.28. The van der Waals surface area contributed by atoms with Gasteiger partial charge in [-0.1, -0.05) is 12.5 Å². The second-order valence-corrected chi connectivity index (χ2v) is 2.56. The molecule has 1 heteroatoms. The van der Waals surface area contributed by atoms with Crippen LogP contribution in [0.25, 0.3) is 0 Å². The fraction of sp³-hybridized carbons (Fsp3) is 0.750. The Hall–Kier alpha value is -0.300. The Kier molecular flexibility index (Phi) is 4.41.